The average molecular weight is 415 g/mol. The summed E-state index contributed by atoms with van der Waals surface area (Å²) in [6.07, 6.45) is 0. The van der Waals surface area contributed by atoms with Crippen LogP contribution >= 0.6 is 11.6 Å². The lowest BCUT2D eigenvalue weighted by Crippen LogP contribution is -2.37. The van der Waals surface area contributed by atoms with Gasteiger partial charge in [0.15, 0.2) is 0 Å². The smallest absolute Gasteiger partial charge is 0.243 e. The summed E-state index contributed by atoms with van der Waals surface area (Å²) in [4.78, 5) is 12.6. The highest BCUT2D eigenvalue weighted by atomic mass is 35.5. The Morgan fingerprint density at radius 1 is 0.857 bits per heavy atom. The number of carbonyl (C=O) groups is 1. The first-order valence-electron chi connectivity index (χ1n) is 8.60. The molecule has 7 heteroatoms. The summed E-state index contributed by atoms with van der Waals surface area (Å²) in [6.45, 7) is -0.233. The maximum Gasteiger partial charge on any atom is 0.243 e. The number of nitrogens with zero attached hydrogens (tertiary/aromatic N) is 1. The zero-order chi connectivity index (χ0) is 20.0. The molecule has 144 valence electrons. The molecule has 0 atom stereocenters. The number of sulfonamides is 1. The Morgan fingerprint density at radius 2 is 1.43 bits per heavy atom. The SMILES string of the molecule is O=C(CN(Cc1ccccc1)S(=O)(=O)c1ccc(Cl)cc1)Nc1ccccc1. The molecule has 0 spiro atoms. The summed E-state index contributed by atoms with van der Waals surface area (Å²) in [5.74, 6) is -0.417. The Labute approximate surface area is 169 Å². The molecule has 0 aromatic heterocycles. The van der Waals surface area contributed by atoms with E-state index >= 15 is 0 Å². The lowest BCUT2D eigenvalue weighted by molar-refractivity contribution is -0.116. The molecule has 0 radical (unpaired) electrons. The van der Waals surface area contributed by atoms with Gasteiger partial charge < -0.3 is 5.32 Å². The number of hydrogen-bond acceptors (Lipinski definition) is 3. The molecule has 5 nitrogen and oxygen atoms in total. The molecule has 3 aromatic rings. The normalized spacial score (nSPS) is 11.4. The average Bonchev–Trinajstić information content (AvgIpc) is 2.69. The first-order chi connectivity index (χ1) is 13.4. The quantitative estimate of drug-likeness (QED) is 0.631. The number of rotatable bonds is 7. The van der Waals surface area contributed by atoms with Gasteiger partial charge in [-0.1, -0.05) is 60.1 Å². The van der Waals surface area contributed by atoms with E-state index in [1.54, 1.807) is 24.3 Å². The van der Waals surface area contributed by atoms with E-state index in [1.807, 2.05) is 36.4 Å². The largest absolute Gasteiger partial charge is 0.325 e. The van der Waals surface area contributed by atoms with Crippen LogP contribution in [-0.4, -0.2) is 25.2 Å². The zero-order valence-electron chi connectivity index (χ0n) is 15.0. The van der Waals surface area contributed by atoms with Crippen molar-refractivity contribution in [2.45, 2.75) is 11.4 Å². The lowest BCUT2D eigenvalue weighted by atomic mass is 10.2. The molecule has 0 unspecified atom stereocenters. The molecule has 0 saturated carbocycles. The van der Waals surface area contributed by atoms with Crippen molar-refractivity contribution in [2.24, 2.45) is 0 Å². The van der Waals surface area contributed by atoms with Crippen molar-refractivity contribution < 1.29 is 13.2 Å². The maximum atomic E-state index is 13.1. The molecule has 0 heterocycles. The summed E-state index contributed by atoms with van der Waals surface area (Å²) in [7, 11) is -3.89. The van der Waals surface area contributed by atoms with Crippen molar-refractivity contribution in [1.29, 1.82) is 0 Å². The van der Waals surface area contributed by atoms with E-state index in [9.17, 15) is 13.2 Å². The van der Waals surface area contributed by atoms with Crippen LogP contribution < -0.4 is 5.32 Å². The third-order valence-corrected chi connectivity index (χ3v) is 6.09. The van der Waals surface area contributed by atoms with Crippen LogP contribution in [0.1, 0.15) is 5.56 Å². The highest BCUT2D eigenvalue weighted by molar-refractivity contribution is 7.89. The predicted molar refractivity (Wildman–Crippen MR) is 111 cm³/mol. The van der Waals surface area contributed by atoms with Gasteiger partial charge in [-0.3, -0.25) is 4.79 Å². The van der Waals surface area contributed by atoms with Crippen LogP contribution in [0.2, 0.25) is 5.02 Å². The molecule has 1 N–H and O–H groups in total. The van der Waals surface area contributed by atoms with E-state index < -0.39 is 15.9 Å². The minimum absolute atomic E-state index is 0.0774. The van der Waals surface area contributed by atoms with Gasteiger partial charge in [0.25, 0.3) is 0 Å². The summed E-state index contributed by atoms with van der Waals surface area (Å²) >= 11 is 5.87. The second kappa shape index (κ2) is 9.01. The molecule has 0 fully saturated rings. The highest BCUT2D eigenvalue weighted by Gasteiger charge is 2.27. The van der Waals surface area contributed by atoms with Gasteiger partial charge in [-0.15, -0.1) is 0 Å². The van der Waals surface area contributed by atoms with Crippen LogP contribution in [0.3, 0.4) is 0 Å². The predicted octanol–water partition coefficient (Wildman–Crippen LogP) is 4.17. The van der Waals surface area contributed by atoms with Gasteiger partial charge in [0, 0.05) is 17.3 Å². The van der Waals surface area contributed by atoms with Gasteiger partial charge in [-0.2, -0.15) is 4.31 Å². The fraction of sp³-hybridized carbons (Fsp3) is 0.0952. The minimum atomic E-state index is -3.89. The highest BCUT2D eigenvalue weighted by Crippen LogP contribution is 2.20. The molecule has 28 heavy (non-hydrogen) atoms. The van der Waals surface area contributed by atoms with Gasteiger partial charge in [-0.05, 0) is 42.0 Å². The van der Waals surface area contributed by atoms with Gasteiger partial charge in [0.1, 0.15) is 0 Å². The van der Waals surface area contributed by atoms with Crippen molar-refractivity contribution in [2.75, 3.05) is 11.9 Å². The van der Waals surface area contributed by atoms with Crippen LogP contribution in [0, 0.1) is 0 Å². The monoisotopic (exact) mass is 414 g/mol. The molecule has 0 aliphatic heterocycles. The van der Waals surface area contributed by atoms with E-state index in [2.05, 4.69) is 5.32 Å². The first kappa shape index (κ1) is 20.1. The number of halogens is 1. The van der Waals surface area contributed by atoms with E-state index in [1.165, 1.54) is 24.3 Å². The van der Waals surface area contributed by atoms with Gasteiger partial charge in [0.2, 0.25) is 15.9 Å². The first-order valence-corrected chi connectivity index (χ1v) is 10.4. The molecular formula is C21H19ClN2O3S. The fourth-order valence-corrected chi connectivity index (χ4v) is 4.16. The third kappa shape index (κ3) is 5.19. The van der Waals surface area contributed by atoms with Crippen molar-refractivity contribution >= 4 is 33.2 Å². The third-order valence-electron chi connectivity index (χ3n) is 4.03. The molecular weight excluding hydrogens is 396 g/mol. The molecule has 3 rings (SSSR count). The number of benzene rings is 3. The maximum absolute atomic E-state index is 13.1. The van der Waals surface area contributed by atoms with Crippen molar-refractivity contribution in [3.8, 4) is 0 Å². The molecule has 0 bridgehead atoms. The van der Waals surface area contributed by atoms with Crippen molar-refractivity contribution in [3.63, 3.8) is 0 Å². The Morgan fingerprint density at radius 3 is 2.04 bits per heavy atom. The number of hydrogen-bond donors (Lipinski definition) is 1. The summed E-state index contributed by atoms with van der Waals surface area (Å²) in [5, 5.41) is 3.16. The molecule has 0 aliphatic rings. The molecule has 0 aliphatic carbocycles. The topological polar surface area (TPSA) is 66.5 Å². The number of anilines is 1. The van der Waals surface area contributed by atoms with E-state index in [-0.39, 0.29) is 18.0 Å². The second-order valence-electron chi connectivity index (χ2n) is 6.13. The van der Waals surface area contributed by atoms with Gasteiger partial charge in [-0.25, -0.2) is 8.42 Å². The second-order valence-corrected chi connectivity index (χ2v) is 8.50. The van der Waals surface area contributed by atoms with E-state index in [0.717, 1.165) is 9.87 Å². The van der Waals surface area contributed by atoms with Crippen LogP contribution in [0.15, 0.2) is 89.8 Å². The van der Waals surface area contributed by atoms with Crippen molar-refractivity contribution in [1.82, 2.24) is 4.31 Å². The summed E-state index contributed by atoms with van der Waals surface area (Å²) in [6, 6.07) is 23.9. The van der Waals surface area contributed by atoms with E-state index in [0.29, 0.717) is 10.7 Å². The minimum Gasteiger partial charge on any atom is -0.325 e. The molecule has 1 amide bonds. The van der Waals surface area contributed by atoms with Gasteiger partial charge >= 0.3 is 0 Å². The van der Waals surface area contributed by atoms with Crippen LogP contribution in [0.25, 0.3) is 0 Å². The fourth-order valence-electron chi connectivity index (χ4n) is 2.65. The Balaban J connectivity index is 1.86. The number of carbonyl (C=O) groups excluding carboxylic acids is 1. The molecule has 0 saturated heterocycles. The summed E-state index contributed by atoms with van der Waals surface area (Å²) < 4.78 is 27.4. The standard InChI is InChI=1S/C21H19ClN2O3S/c22-18-11-13-20(14-12-18)28(26,27)24(15-17-7-3-1-4-8-17)16-21(25)23-19-9-5-2-6-10-19/h1-14H,15-16H2,(H,23,25). The Bertz CT molecular complexity index is 1020. The lowest BCUT2D eigenvalue weighted by Gasteiger charge is -2.22. The van der Waals surface area contributed by atoms with Crippen LogP contribution in [-0.2, 0) is 21.4 Å². The Kier molecular flexibility index (Phi) is 6.46. The number of para-hydroxylation sites is 1. The number of nitrogens with one attached hydrogen (secondary N) is 1. The van der Waals surface area contributed by atoms with Crippen LogP contribution in [0.5, 0.6) is 0 Å². The summed E-state index contributed by atoms with van der Waals surface area (Å²) in [5.41, 5.74) is 1.39. The van der Waals surface area contributed by atoms with Gasteiger partial charge in [0.05, 0.1) is 11.4 Å². The van der Waals surface area contributed by atoms with E-state index in [4.69, 9.17) is 11.6 Å². The Hall–Kier alpha value is -2.67. The van der Waals surface area contributed by atoms with Crippen molar-refractivity contribution in [3.05, 3.63) is 95.5 Å². The van der Waals surface area contributed by atoms with Crippen LogP contribution in [0.4, 0.5) is 5.69 Å². The zero-order valence-corrected chi connectivity index (χ0v) is 16.5. The number of amides is 1. The molecule has 3 aromatic carbocycles.